The highest BCUT2D eigenvalue weighted by Crippen LogP contribution is 2.47. The van der Waals surface area contributed by atoms with Gasteiger partial charge in [-0.2, -0.15) is 0 Å². The Hall–Kier alpha value is -1.30. The first-order valence-corrected chi connectivity index (χ1v) is 4.40. The molecule has 58 valence electrons. The van der Waals surface area contributed by atoms with Crippen LogP contribution in [-0.4, -0.2) is 0 Å². The SMILES string of the molecule is C1=CC2C(c3ccccc3)=CC12. The molecular formula is C12H10. The molecule has 0 nitrogen and oxygen atoms in total. The fourth-order valence-electron chi connectivity index (χ4n) is 1.94. The predicted octanol–water partition coefficient (Wildman–Crippen LogP) is 2.89. The summed E-state index contributed by atoms with van der Waals surface area (Å²) in [5.41, 5.74) is 2.91. The third-order valence-corrected chi connectivity index (χ3v) is 2.79. The van der Waals surface area contributed by atoms with E-state index in [0.29, 0.717) is 0 Å². The highest BCUT2D eigenvalue weighted by atomic mass is 14.4. The average Bonchev–Trinajstić information content (AvgIpc) is 2.11. The van der Waals surface area contributed by atoms with E-state index in [-0.39, 0.29) is 0 Å². The molecule has 0 fully saturated rings. The maximum atomic E-state index is 2.36. The second-order valence-corrected chi connectivity index (χ2v) is 3.48. The van der Waals surface area contributed by atoms with Crippen molar-refractivity contribution in [2.75, 3.05) is 0 Å². The number of hydrogen-bond acceptors (Lipinski definition) is 0. The van der Waals surface area contributed by atoms with Crippen molar-refractivity contribution in [3.05, 3.63) is 54.1 Å². The number of allylic oxidation sites excluding steroid dienone is 4. The van der Waals surface area contributed by atoms with Crippen molar-refractivity contribution < 1.29 is 0 Å². The van der Waals surface area contributed by atoms with Gasteiger partial charge < -0.3 is 0 Å². The average molecular weight is 154 g/mol. The van der Waals surface area contributed by atoms with Crippen LogP contribution in [0.1, 0.15) is 5.56 Å². The number of hydrogen-bond donors (Lipinski definition) is 0. The van der Waals surface area contributed by atoms with Gasteiger partial charge in [0.1, 0.15) is 0 Å². The summed E-state index contributed by atoms with van der Waals surface area (Å²) in [6.07, 6.45) is 6.93. The van der Waals surface area contributed by atoms with Crippen LogP contribution < -0.4 is 0 Å². The minimum atomic E-state index is 0.743. The molecule has 0 aromatic heterocycles. The van der Waals surface area contributed by atoms with Crippen molar-refractivity contribution in [3.8, 4) is 0 Å². The summed E-state index contributed by atoms with van der Waals surface area (Å²) >= 11 is 0. The highest BCUT2D eigenvalue weighted by molar-refractivity contribution is 5.77. The molecule has 0 aliphatic heterocycles. The Morgan fingerprint density at radius 1 is 0.917 bits per heavy atom. The molecule has 2 aliphatic rings. The van der Waals surface area contributed by atoms with E-state index in [4.69, 9.17) is 0 Å². The summed E-state index contributed by atoms with van der Waals surface area (Å²) in [7, 11) is 0. The smallest absolute Gasteiger partial charge is 0.0119 e. The standard InChI is InChI=1S/C12H10/c1-2-4-9(5-3-1)12-8-10-6-7-11(10)12/h1-8,10-11H. The molecule has 12 heavy (non-hydrogen) atoms. The molecule has 0 amide bonds. The molecule has 2 unspecified atom stereocenters. The molecule has 0 saturated heterocycles. The van der Waals surface area contributed by atoms with Gasteiger partial charge in [-0.3, -0.25) is 0 Å². The fourth-order valence-corrected chi connectivity index (χ4v) is 1.94. The van der Waals surface area contributed by atoms with E-state index in [1.54, 1.807) is 0 Å². The minimum Gasteiger partial charge on any atom is -0.0800 e. The Morgan fingerprint density at radius 3 is 2.25 bits per heavy atom. The maximum Gasteiger partial charge on any atom is 0.0119 e. The lowest BCUT2D eigenvalue weighted by Gasteiger charge is -2.39. The second kappa shape index (κ2) is 2.10. The van der Waals surface area contributed by atoms with E-state index in [0.717, 1.165) is 11.8 Å². The van der Waals surface area contributed by atoms with E-state index < -0.39 is 0 Å². The van der Waals surface area contributed by atoms with Crippen LogP contribution in [0.4, 0.5) is 0 Å². The normalized spacial score (nSPS) is 29.8. The third-order valence-electron chi connectivity index (χ3n) is 2.79. The van der Waals surface area contributed by atoms with E-state index in [1.165, 1.54) is 11.1 Å². The zero-order valence-electron chi connectivity index (χ0n) is 6.77. The van der Waals surface area contributed by atoms with Crippen molar-refractivity contribution in [2.24, 2.45) is 11.8 Å². The van der Waals surface area contributed by atoms with E-state index >= 15 is 0 Å². The van der Waals surface area contributed by atoms with Gasteiger partial charge in [0.2, 0.25) is 0 Å². The Labute approximate surface area is 72.2 Å². The minimum absolute atomic E-state index is 0.743. The lowest BCUT2D eigenvalue weighted by Crippen LogP contribution is -2.26. The van der Waals surface area contributed by atoms with E-state index in [1.807, 2.05) is 0 Å². The topological polar surface area (TPSA) is 0 Å². The molecule has 0 heteroatoms. The number of benzene rings is 1. The van der Waals surface area contributed by atoms with Crippen LogP contribution in [0.5, 0.6) is 0 Å². The van der Waals surface area contributed by atoms with Crippen LogP contribution >= 0.6 is 0 Å². The first-order valence-electron chi connectivity index (χ1n) is 4.40. The van der Waals surface area contributed by atoms with Crippen LogP contribution in [-0.2, 0) is 0 Å². The van der Waals surface area contributed by atoms with Gasteiger partial charge in [-0.15, -0.1) is 0 Å². The molecule has 2 aliphatic carbocycles. The number of rotatable bonds is 1. The van der Waals surface area contributed by atoms with Crippen LogP contribution in [0.15, 0.2) is 48.6 Å². The van der Waals surface area contributed by atoms with Gasteiger partial charge in [0.25, 0.3) is 0 Å². The van der Waals surface area contributed by atoms with E-state index in [2.05, 4.69) is 48.6 Å². The molecular weight excluding hydrogens is 144 g/mol. The lowest BCUT2D eigenvalue weighted by atomic mass is 9.65. The zero-order valence-corrected chi connectivity index (χ0v) is 6.77. The predicted molar refractivity (Wildman–Crippen MR) is 50.5 cm³/mol. The summed E-state index contributed by atoms with van der Waals surface area (Å²) in [5, 5.41) is 0. The Bertz CT molecular complexity index is 357. The molecule has 0 radical (unpaired) electrons. The first-order chi connectivity index (χ1) is 5.95. The van der Waals surface area contributed by atoms with Crippen molar-refractivity contribution in [2.45, 2.75) is 0 Å². The number of fused-ring (bicyclic) bond motifs is 1. The van der Waals surface area contributed by atoms with Crippen LogP contribution in [0.2, 0.25) is 0 Å². The van der Waals surface area contributed by atoms with Crippen LogP contribution in [0.3, 0.4) is 0 Å². The van der Waals surface area contributed by atoms with Gasteiger partial charge in [0, 0.05) is 11.8 Å². The lowest BCUT2D eigenvalue weighted by molar-refractivity contribution is 0.572. The Kier molecular flexibility index (Phi) is 1.09. The highest BCUT2D eigenvalue weighted by Gasteiger charge is 2.34. The second-order valence-electron chi connectivity index (χ2n) is 3.48. The van der Waals surface area contributed by atoms with Crippen LogP contribution in [0, 0.1) is 11.8 Å². The van der Waals surface area contributed by atoms with Gasteiger partial charge in [0.05, 0.1) is 0 Å². The quantitative estimate of drug-likeness (QED) is 0.545. The third kappa shape index (κ3) is 0.672. The summed E-state index contributed by atoms with van der Waals surface area (Å²) in [4.78, 5) is 0. The molecule has 2 atom stereocenters. The molecule has 0 N–H and O–H groups in total. The Balaban J connectivity index is 1.98. The monoisotopic (exact) mass is 154 g/mol. The van der Waals surface area contributed by atoms with Gasteiger partial charge in [0.15, 0.2) is 0 Å². The zero-order chi connectivity index (χ0) is 7.97. The van der Waals surface area contributed by atoms with E-state index in [9.17, 15) is 0 Å². The van der Waals surface area contributed by atoms with Gasteiger partial charge in [-0.1, -0.05) is 48.6 Å². The largest absolute Gasteiger partial charge is 0.0800 e. The van der Waals surface area contributed by atoms with Gasteiger partial charge in [-0.05, 0) is 11.1 Å². The van der Waals surface area contributed by atoms with Crippen molar-refractivity contribution in [1.29, 1.82) is 0 Å². The molecule has 0 bridgehead atoms. The van der Waals surface area contributed by atoms with Gasteiger partial charge >= 0.3 is 0 Å². The van der Waals surface area contributed by atoms with Crippen molar-refractivity contribution in [1.82, 2.24) is 0 Å². The first kappa shape index (κ1) is 6.24. The van der Waals surface area contributed by atoms with Crippen molar-refractivity contribution in [3.63, 3.8) is 0 Å². The Morgan fingerprint density at radius 2 is 1.75 bits per heavy atom. The molecule has 0 spiro atoms. The van der Waals surface area contributed by atoms with Gasteiger partial charge in [-0.25, -0.2) is 0 Å². The van der Waals surface area contributed by atoms with Crippen molar-refractivity contribution >= 4 is 5.57 Å². The maximum absolute atomic E-state index is 2.36. The molecule has 1 aromatic rings. The summed E-state index contributed by atoms with van der Waals surface area (Å²) < 4.78 is 0. The summed E-state index contributed by atoms with van der Waals surface area (Å²) in [6, 6.07) is 10.6. The summed E-state index contributed by atoms with van der Waals surface area (Å²) in [5.74, 6) is 1.51. The summed E-state index contributed by atoms with van der Waals surface area (Å²) in [6.45, 7) is 0. The molecule has 1 aromatic carbocycles. The fraction of sp³-hybridized carbons (Fsp3) is 0.167. The molecule has 0 saturated carbocycles. The van der Waals surface area contributed by atoms with Crippen LogP contribution in [0.25, 0.3) is 5.57 Å². The molecule has 0 heterocycles. The molecule has 3 rings (SSSR count).